The lowest BCUT2D eigenvalue weighted by atomic mass is 9.75. The van der Waals surface area contributed by atoms with Crippen LogP contribution in [0.2, 0.25) is 0 Å². The third kappa shape index (κ3) is 4.59. The number of thiazole rings is 1. The van der Waals surface area contributed by atoms with E-state index in [4.69, 9.17) is 4.74 Å². The average molecular weight is 497 g/mol. The number of nitrogens with one attached hydrogen (secondary N) is 3. The van der Waals surface area contributed by atoms with Gasteiger partial charge in [0.2, 0.25) is 11.8 Å². The van der Waals surface area contributed by atoms with Crippen molar-refractivity contribution >= 4 is 40.4 Å². The van der Waals surface area contributed by atoms with Crippen molar-refractivity contribution in [3.05, 3.63) is 39.3 Å². The molecule has 0 radical (unpaired) electrons. The van der Waals surface area contributed by atoms with E-state index in [2.05, 4.69) is 20.9 Å². The fraction of sp³-hybridized carbons (Fsp3) is 0.538. The molecule has 3 N–H and O–H groups in total. The Hall–Kier alpha value is -2.78. The molecule has 1 aliphatic carbocycles. The number of aromatic nitrogens is 1. The summed E-state index contributed by atoms with van der Waals surface area (Å²) in [6.07, 6.45) is 6.37. The number of carbonyl (C=O) groups is 3. The van der Waals surface area contributed by atoms with Crippen molar-refractivity contribution in [3.63, 3.8) is 0 Å². The summed E-state index contributed by atoms with van der Waals surface area (Å²) >= 11 is 1.48. The molecule has 186 valence electrons. The van der Waals surface area contributed by atoms with Crippen LogP contribution in [-0.2, 0) is 19.7 Å². The molecule has 0 bridgehead atoms. The number of hydrogen-bond acceptors (Lipinski definition) is 6. The molecular formula is C26H32N4O4S. The molecule has 1 spiro atoms. The Morgan fingerprint density at radius 1 is 1.17 bits per heavy atom. The first-order chi connectivity index (χ1) is 16.9. The van der Waals surface area contributed by atoms with Gasteiger partial charge in [-0.1, -0.05) is 25.3 Å². The van der Waals surface area contributed by atoms with Crippen LogP contribution in [0.4, 0.5) is 11.4 Å². The largest absolute Gasteiger partial charge is 0.381 e. The molecule has 3 heterocycles. The molecule has 2 aromatic rings. The van der Waals surface area contributed by atoms with Crippen molar-refractivity contribution in [2.24, 2.45) is 5.92 Å². The van der Waals surface area contributed by atoms with E-state index in [0.717, 1.165) is 53.2 Å². The smallest absolute Gasteiger partial charge is 0.271 e. The minimum atomic E-state index is -0.645. The minimum absolute atomic E-state index is 0.000508. The molecule has 1 saturated carbocycles. The third-order valence-electron chi connectivity index (χ3n) is 7.64. The van der Waals surface area contributed by atoms with E-state index >= 15 is 0 Å². The van der Waals surface area contributed by atoms with Crippen molar-refractivity contribution in [1.82, 2.24) is 10.3 Å². The predicted octanol–water partition coefficient (Wildman–Crippen LogP) is 4.08. The SMILES string of the molecule is Cc1nc(C(=O)N[C@H](C(=O)Nc2ccc3c(c2)NC(=O)C32CCOCC2)C2CCCCC2)c(C)s1. The Morgan fingerprint density at radius 2 is 1.91 bits per heavy atom. The number of amides is 3. The Bertz CT molecular complexity index is 1150. The lowest BCUT2D eigenvalue weighted by Crippen LogP contribution is -2.49. The molecule has 2 aliphatic heterocycles. The number of hydrogen-bond donors (Lipinski definition) is 3. The van der Waals surface area contributed by atoms with Gasteiger partial charge in [-0.3, -0.25) is 14.4 Å². The highest BCUT2D eigenvalue weighted by molar-refractivity contribution is 7.11. The standard InChI is InChI=1S/C26H32N4O4S/c1-15-21(27-16(2)35-15)23(31)30-22(17-6-4-3-5-7-17)24(32)28-18-8-9-19-20(14-18)29-25(33)26(19)10-12-34-13-11-26/h8-9,14,17,22H,3-7,10-13H2,1-2H3,(H,28,32)(H,29,33)(H,30,31)/t22-/m0/s1. The molecule has 35 heavy (non-hydrogen) atoms. The van der Waals surface area contributed by atoms with Crippen LogP contribution in [-0.4, -0.2) is 42.0 Å². The van der Waals surface area contributed by atoms with Crippen LogP contribution >= 0.6 is 11.3 Å². The van der Waals surface area contributed by atoms with Crippen molar-refractivity contribution in [3.8, 4) is 0 Å². The number of ether oxygens (including phenoxy) is 1. The summed E-state index contributed by atoms with van der Waals surface area (Å²) in [5.41, 5.74) is 2.16. The van der Waals surface area contributed by atoms with Gasteiger partial charge in [0.15, 0.2) is 0 Å². The highest BCUT2D eigenvalue weighted by Crippen LogP contribution is 2.45. The van der Waals surface area contributed by atoms with Crippen molar-refractivity contribution < 1.29 is 19.1 Å². The number of nitrogens with zero attached hydrogens (tertiary/aromatic N) is 1. The summed E-state index contributed by atoms with van der Waals surface area (Å²) in [6, 6.07) is 4.96. The number of benzene rings is 1. The zero-order chi connectivity index (χ0) is 24.6. The summed E-state index contributed by atoms with van der Waals surface area (Å²) in [5, 5.41) is 9.83. The van der Waals surface area contributed by atoms with Crippen LogP contribution in [0.5, 0.6) is 0 Å². The molecule has 1 aromatic heterocycles. The van der Waals surface area contributed by atoms with Gasteiger partial charge < -0.3 is 20.7 Å². The summed E-state index contributed by atoms with van der Waals surface area (Å²) < 4.78 is 5.48. The maximum atomic E-state index is 13.5. The van der Waals surface area contributed by atoms with E-state index < -0.39 is 11.5 Å². The topological polar surface area (TPSA) is 109 Å². The summed E-state index contributed by atoms with van der Waals surface area (Å²) in [5.74, 6) is -0.465. The number of carbonyl (C=O) groups excluding carboxylic acids is 3. The molecule has 3 aliphatic rings. The van der Waals surface area contributed by atoms with Gasteiger partial charge in [0.05, 0.1) is 10.4 Å². The predicted molar refractivity (Wildman–Crippen MR) is 135 cm³/mol. The van der Waals surface area contributed by atoms with E-state index in [1.54, 1.807) is 0 Å². The van der Waals surface area contributed by atoms with Gasteiger partial charge in [-0.25, -0.2) is 4.98 Å². The fourth-order valence-electron chi connectivity index (χ4n) is 5.76. The Balaban J connectivity index is 1.35. The van der Waals surface area contributed by atoms with Crippen LogP contribution < -0.4 is 16.0 Å². The van der Waals surface area contributed by atoms with Crippen LogP contribution in [0.15, 0.2) is 18.2 Å². The maximum absolute atomic E-state index is 13.5. The zero-order valence-electron chi connectivity index (χ0n) is 20.2. The van der Waals surface area contributed by atoms with Crippen LogP contribution in [0.25, 0.3) is 0 Å². The van der Waals surface area contributed by atoms with Crippen molar-refractivity contribution in [1.29, 1.82) is 0 Å². The fourth-order valence-corrected chi connectivity index (χ4v) is 6.57. The maximum Gasteiger partial charge on any atom is 0.271 e. The van der Waals surface area contributed by atoms with Gasteiger partial charge in [-0.15, -0.1) is 11.3 Å². The number of fused-ring (bicyclic) bond motifs is 2. The van der Waals surface area contributed by atoms with Gasteiger partial charge >= 0.3 is 0 Å². The van der Waals surface area contributed by atoms with Crippen molar-refractivity contribution in [2.45, 2.75) is 70.3 Å². The minimum Gasteiger partial charge on any atom is -0.381 e. The molecule has 1 aromatic carbocycles. The quantitative estimate of drug-likeness (QED) is 0.578. The van der Waals surface area contributed by atoms with Gasteiger partial charge in [0.25, 0.3) is 5.91 Å². The normalized spacial score (nSPS) is 20.2. The van der Waals surface area contributed by atoms with E-state index in [1.807, 2.05) is 32.0 Å². The second-order valence-corrected chi connectivity index (χ2v) is 11.3. The molecule has 2 fully saturated rings. The molecule has 1 saturated heterocycles. The zero-order valence-corrected chi connectivity index (χ0v) is 21.1. The Morgan fingerprint density at radius 3 is 2.60 bits per heavy atom. The first kappa shape index (κ1) is 23.9. The summed E-state index contributed by atoms with van der Waals surface area (Å²) in [7, 11) is 0. The first-order valence-electron chi connectivity index (χ1n) is 12.5. The second-order valence-electron chi connectivity index (χ2n) is 9.89. The second kappa shape index (κ2) is 9.70. The van der Waals surface area contributed by atoms with E-state index in [9.17, 15) is 14.4 Å². The summed E-state index contributed by atoms with van der Waals surface area (Å²) in [4.78, 5) is 44.6. The van der Waals surface area contributed by atoms with Crippen LogP contribution in [0.1, 0.15) is 70.9 Å². The van der Waals surface area contributed by atoms with Gasteiger partial charge in [-0.05, 0) is 63.1 Å². The highest BCUT2D eigenvalue weighted by Gasteiger charge is 2.47. The van der Waals surface area contributed by atoms with E-state index in [-0.39, 0.29) is 23.6 Å². The highest BCUT2D eigenvalue weighted by atomic mass is 32.1. The monoisotopic (exact) mass is 496 g/mol. The third-order valence-corrected chi connectivity index (χ3v) is 8.53. The lowest BCUT2D eigenvalue weighted by Gasteiger charge is -2.31. The molecule has 9 heteroatoms. The molecule has 8 nitrogen and oxygen atoms in total. The number of anilines is 2. The molecular weight excluding hydrogens is 464 g/mol. The molecule has 1 atom stereocenters. The molecule has 3 amide bonds. The van der Waals surface area contributed by atoms with Gasteiger partial charge in [0, 0.05) is 29.5 Å². The Kier molecular flexibility index (Phi) is 6.63. The average Bonchev–Trinajstić information content (AvgIpc) is 3.33. The first-order valence-corrected chi connectivity index (χ1v) is 13.3. The van der Waals surface area contributed by atoms with Crippen molar-refractivity contribution in [2.75, 3.05) is 23.8 Å². The van der Waals surface area contributed by atoms with E-state index in [1.165, 1.54) is 11.3 Å². The lowest BCUT2D eigenvalue weighted by molar-refractivity contribution is -0.124. The van der Waals surface area contributed by atoms with Gasteiger partial charge in [-0.2, -0.15) is 0 Å². The van der Waals surface area contributed by atoms with E-state index in [0.29, 0.717) is 37.4 Å². The van der Waals surface area contributed by atoms with Crippen LogP contribution in [0, 0.1) is 19.8 Å². The van der Waals surface area contributed by atoms with Gasteiger partial charge in [0.1, 0.15) is 11.7 Å². The number of rotatable bonds is 5. The number of aryl methyl sites for hydroxylation is 2. The summed E-state index contributed by atoms with van der Waals surface area (Å²) in [6.45, 7) is 4.87. The van der Waals surface area contributed by atoms with Crippen LogP contribution in [0.3, 0.4) is 0 Å². The molecule has 0 unspecified atom stereocenters. The molecule has 5 rings (SSSR count). The Labute approximate surface area is 209 Å².